The lowest BCUT2D eigenvalue weighted by Crippen LogP contribution is -2.30. The molecule has 0 spiro atoms. The van der Waals surface area contributed by atoms with Gasteiger partial charge < -0.3 is 10.4 Å². The molecule has 1 saturated carbocycles. The number of hydrogen-bond donors (Lipinski definition) is 2. The Labute approximate surface area is 87.5 Å². The van der Waals surface area contributed by atoms with Crippen LogP contribution < -0.4 is 5.32 Å². The standard InChI is InChI=1S/C9H15N3OS/c13-6-9(3-1-2-4-9)5-10-8-11-7-12-14-8/h7,13H,1-6H2,(H,10,11,12). The summed E-state index contributed by atoms with van der Waals surface area (Å²) in [5.41, 5.74) is 0.0890. The van der Waals surface area contributed by atoms with Gasteiger partial charge in [-0.25, -0.2) is 4.98 Å². The van der Waals surface area contributed by atoms with Gasteiger partial charge in [0.25, 0.3) is 0 Å². The molecule has 14 heavy (non-hydrogen) atoms. The number of anilines is 1. The molecule has 78 valence electrons. The third-order valence-corrected chi connectivity index (χ3v) is 3.60. The molecule has 1 aliphatic rings. The van der Waals surface area contributed by atoms with Gasteiger partial charge in [0.2, 0.25) is 5.13 Å². The van der Waals surface area contributed by atoms with E-state index in [0.29, 0.717) is 0 Å². The van der Waals surface area contributed by atoms with Gasteiger partial charge in [-0.15, -0.1) is 0 Å². The summed E-state index contributed by atoms with van der Waals surface area (Å²) in [6, 6.07) is 0. The lowest BCUT2D eigenvalue weighted by atomic mass is 9.87. The van der Waals surface area contributed by atoms with Crippen molar-refractivity contribution in [3.8, 4) is 0 Å². The summed E-state index contributed by atoms with van der Waals surface area (Å²) in [5.74, 6) is 0. The molecule has 1 aromatic heterocycles. The third kappa shape index (κ3) is 2.04. The topological polar surface area (TPSA) is 58.0 Å². The molecule has 2 rings (SSSR count). The lowest BCUT2D eigenvalue weighted by Gasteiger charge is -2.26. The number of hydrogen-bond acceptors (Lipinski definition) is 5. The fourth-order valence-electron chi connectivity index (χ4n) is 2.03. The van der Waals surface area contributed by atoms with Crippen molar-refractivity contribution in [3.05, 3.63) is 6.33 Å². The van der Waals surface area contributed by atoms with Gasteiger partial charge in [0, 0.05) is 23.5 Å². The summed E-state index contributed by atoms with van der Waals surface area (Å²) in [6.07, 6.45) is 6.26. The summed E-state index contributed by atoms with van der Waals surface area (Å²) >= 11 is 1.36. The van der Waals surface area contributed by atoms with E-state index in [0.717, 1.165) is 24.5 Å². The fraction of sp³-hybridized carbons (Fsp3) is 0.778. The number of aliphatic hydroxyl groups excluding tert-OH is 1. The van der Waals surface area contributed by atoms with Crippen molar-refractivity contribution >= 4 is 16.7 Å². The molecule has 4 nitrogen and oxygen atoms in total. The maximum Gasteiger partial charge on any atom is 0.202 e. The van der Waals surface area contributed by atoms with Gasteiger partial charge in [-0.3, -0.25) is 0 Å². The maximum absolute atomic E-state index is 9.37. The molecule has 0 bridgehead atoms. The summed E-state index contributed by atoms with van der Waals surface area (Å²) in [4.78, 5) is 4.06. The van der Waals surface area contributed by atoms with Crippen LogP contribution in [0.3, 0.4) is 0 Å². The van der Waals surface area contributed by atoms with Crippen molar-refractivity contribution in [2.45, 2.75) is 25.7 Å². The highest BCUT2D eigenvalue weighted by Crippen LogP contribution is 2.37. The molecule has 0 aliphatic heterocycles. The number of nitrogens with one attached hydrogen (secondary N) is 1. The highest BCUT2D eigenvalue weighted by Gasteiger charge is 2.32. The maximum atomic E-state index is 9.37. The Balaban J connectivity index is 1.89. The summed E-state index contributed by atoms with van der Waals surface area (Å²) in [6.45, 7) is 1.09. The molecule has 0 aromatic carbocycles. The zero-order valence-corrected chi connectivity index (χ0v) is 8.89. The van der Waals surface area contributed by atoms with Crippen molar-refractivity contribution in [1.82, 2.24) is 9.36 Å². The van der Waals surface area contributed by atoms with Gasteiger partial charge in [-0.1, -0.05) is 12.8 Å². The average Bonchev–Trinajstić information content (AvgIpc) is 2.87. The van der Waals surface area contributed by atoms with Crippen molar-refractivity contribution in [1.29, 1.82) is 0 Å². The Morgan fingerprint density at radius 3 is 2.86 bits per heavy atom. The first-order valence-corrected chi connectivity index (χ1v) is 5.73. The van der Waals surface area contributed by atoms with Gasteiger partial charge in [-0.05, 0) is 12.8 Å². The van der Waals surface area contributed by atoms with Crippen LogP contribution in [0.15, 0.2) is 6.33 Å². The van der Waals surface area contributed by atoms with Crippen LogP contribution >= 0.6 is 11.5 Å². The van der Waals surface area contributed by atoms with Crippen LogP contribution in [-0.2, 0) is 0 Å². The average molecular weight is 213 g/mol. The Hall–Kier alpha value is -0.680. The number of aliphatic hydroxyl groups is 1. The van der Waals surface area contributed by atoms with E-state index in [1.807, 2.05) is 0 Å². The van der Waals surface area contributed by atoms with E-state index in [4.69, 9.17) is 0 Å². The first-order chi connectivity index (χ1) is 6.85. The minimum absolute atomic E-state index is 0.0890. The highest BCUT2D eigenvalue weighted by atomic mass is 32.1. The monoisotopic (exact) mass is 213 g/mol. The van der Waals surface area contributed by atoms with Gasteiger partial charge in [0.15, 0.2) is 0 Å². The second-order valence-electron chi connectivity index (χ2n) is 3.97. The summed E-state index contributed by atoms with van der Waals surface area (Å²) < 4.78 is 3.92. The van der Waals surface area contributed by atoms with E-state index < -0.39 is 0 Å². The molecule has 0 saturated heterocycles. The molecular formula is C9H15N3OS. The molecule has 0 radical (unpaired) electrons. The summed E-state index contributed by atoms with van der Waals surface area (Å²) in [7, 11) is 0. The Morgan fingerprint density at radius 2 is 2.29 bits per heavy atom. The van der Waals surface area contributed by atoms with E-state index in [9.17, 15) is 5.11 Å². The highest BCUT2D eigenvalue weighted by molar-refractivity contribution is 7.09. The first kappa shape index (κ1) is 9.86. The van der Waals surface area contributed by atoms with Crippen molar-refractivity contribution in [3.63, 3.8) is 0 Å². The van der Waals surface area contributed by atoms with Crippen LogP contribution in [0.5, 0.6) is 0 Å². The molecule has 0 atom stereocenters. The Bertz CT molecular complexity index is 270. The first-order valence-electron chi connectivity index (χ1n) is 4.96. The number of nitrogens with zero attached hydrogens (tertiary/aromatic N) is 2. The van der Waals surface area contributed by atoms with Crippen molar-refractivity contribution < 1.29 is 5.11 Å². The third-order valence-electron chi connectivity index (χ3n) is 2.98. The van der Waals surface area contributed by atoms with Crippen LogP contribution in [0.25, 0.3) is 0 Å². The second kappa shape index (κ2) is 4.23. The van der Waals surface area contributed by atoms with Crippen LogP contribution in [0.2, 0.25) is 0 Å². The summed E-state index contributed by atoms with van der Waals surface area (Å²) in [5, 5.41) is 13.5. The molecule has 0 amide bonds. The molecule has 2 N–H and O–H groups in total. The number of aromatic nitrogens is 2. The van der Waals surface area contributed by atoms with Crippen LogP contribution in [0, 0.1) is 5.41 Å². The van der Waals surface area contributed by atoms with E-state index in [1.54, 1.807) is 6.33 Å². The molecule has 1 heterocycles. The van der Waals surface area contributed by atoms with E-state index in [1.165, 1.54) is 24.4 Å². The minimum Gasteiger partial charge on any atom is -0.396 e. The van der Waals surface area contributed by atoms with Crippen molar-refractivity contribution in [2.24, 2.45) is 5.41 Å². The molecule has 5 heteroatoms. The lowest BCUT2D eigenvalue weighted by molar-refractivity contribution is 0.142. The van der Waals surface area contributed by atoms with Gasteiger partial charge in [0.1, 0.15) is 6.33 Å². The molecule has 1 aromatic rings. The Morgan fingerprint density at radius 1 is 1.50 bits per heavy atom. The van der Waals surface area contributed by atoms with E-state index >= 15 is 0 Å². The molecule has 1 fully saturated rings. The molecule has 1 aliphatic carbocycles. The van der Waals surface area contributed by atoms with Crippen molar-refractivity contribution in [2.75, 3.05) is 18.5 Å². The molecular weight excluding hydrogens is 198 g/mol. The van der Waals surface area contributed by atoms with Crippen LogP contribution in [-0.4, -0.2) is 27.6 Å². The number of rotatable bonds is 4. The quantitative estimate of drug-likeness (QED) is 0.796. The smallest absolute Gasteiger partial charge is 0.202 e. The van der Waals surface area contributed by atoms with Gasteiger partial charge in [-0.2, -0.15) is 4.37 Å². The van der Waals surface area contributed by atoms with Crippen LogP contribution in [0.4, 0.5) is 5.13 Å². The van der Waals surface area contributed by atoms with E-state index in [-0.39, 0.29) is 12.0 Å². The van der Waals surface area contributed by atoms with Crippen LogP contribution in [0.1, 0.15) is 25.7 Å². The largest absolute Gasteiger partial charge is 0.396 e. The second-order valence-corrected chi connectivity index (χ2v) is 4.75. The fourth-order valence-corrected chi connectivity index (χ4v) is 2.46. The zero-order valence-electron chi connectivity index (χ0n) is 8.07. The predicted molar refractivity (Wildman–Crippen MR) is 56.4 cm³/mol. The molecule has 0 unspecified atom stereocenters. The van der Waals surface area contributed by atoms with E-state index in [2.05, 4.69) is 14.7 Å². The SMILES string of the molecule is OCC1(CNc2ncns2)CCCC1. The minimum atomic E-state index is 0.0890. The Kier molecular flexibility index (Phi) is 2.98. The van der Waals surface area contributed by atoms with Gasteiger partial charge >= 0.3 is 0 Å². The van der Waals surface area contributed by atoms with Gasteiger partial charge in [0.05, 0.1) is 6.61 Å². The predicted octanol–water partition coefficient (Wildman–Crippen LogP) is 1.50. The normalized spacial score (nSPS) is 19.8. The zero-order chi connectivity index (χ0) is 9.86.